The van der Waals surface area contributed by atoms with Crippen molar-refractivity contribution in [1.29, 1.82) is 0 Å². The Labute approximate surface area is 98.9 Å². The fraction of sp³-hybridized carbons (Fsp3) is 0.533. The third kappa shape index (κ3) is 4.18. The number of allylic oxidation sites excluding steroid dienone is 5. The Hall–Kier alpha value is -1.11. The molecule has 0 aromatic carbocycles. The molecule has 0 spiro atoms. The van der Waals surface area contributed by atoms with E-state index in [1.165, 1.54) is 5.57 Å². The minimum atomic E-state index is 0.176. The van der Waals surface area contributed by atoms with Gasteiger partial charge in [-0.1, -0.05) is 44.2 Å². The van der Waals surface area contributed by atoms with E-state index < -0.39 is 0 Å². The van der Waals surface area contributed by atoms with Crippen LogP contribution in [0.1, 0.15) is 46.5 Å². The van der Waals surface area contributed by atoms with E-state index >= 15 is 0 Å². The summed E-state index contributed by atoms with van der Waals surface area (Å²) in [7, 11) is 0. The van der Waals surface area contributed by atoms with E-state index in [2.05, 4.69) is 45.6 Å². The zero-order valence-electron chi connectivity index (χ0n) is 10.7. The molecule has 0 aromatic rings. The Morgan fingerprint density at radius 3 is 2.69 bits per heavy atom. The first-order valence-corrected chi connectivity index (χ1v) is 5.95. The average molecular weight is 218 g/mol. The number of carbonyl (C=O) groups excluding carboxylic acids is 1. The van der Waals surface area contributed by atoms with E-state index in [0.29, 0.717) is 12.8 Å². The predicted octanol–water partition coefficient (Wildman–Crippen LogP) is 4.21. The van der Waals surface area contributed by atoms with Crippen LogP contribution in [0.2, 0.25) is 0 Å². The van der Waals surface area contributed by atoms with E-state index in [-0.39, 0.29) is 11.2 Å². The third-order valence-corrected chi connectivity index (χ3v) is 3.05. The van der Waals surface area contributed by atoms with Gasteiger partial charge in [-0.2, -0.15) is 0 Å². The summed E-state index contributed by atoms with van der Waals surface area (Å²) >= 11 is 0. The van der Waals surface area contributed by atoms with Gasteiger partial charge in [-0.15, -0.1) is 0 Å². The van der Waals surface area contributed by atoms with Crippen LogP contribution < -0.4 is 0 Å². The zero-order valence-corrected chi connectivity index (χ0v) is 10.7. The average Bonchev–Trinajstić information content (AvgIpc) is 2.23. The van der Waals surface area contributed by atoms with Crippen molar-refractivity contribution in [2.45, 2.75) is 46.5 Å². The van der Waals surface area contributed by atoms with E-state index in [1.54, 1.807) is 0 Å². The molecule has 88 valence electrons. The number of carbonyl (C=O) groups is 1. The maximum atomic E-state index is 11.7. The Balaban J connectivity index is 2.85. The highest BCUT2D eigenvalue weighted by Crippen LogP contribution is 2.26. The highest BCUT2D eigenvalue weighted by Gasteiger charge is 2.14. The molecule has 0 amide bonds. The van der Waals surface area contributed by atoms with Gasteiger partial charge < -0.3 is 0 Å². The van der Waals surface area contributed by atoms with E-state index in [9.17, 15) is 4.79 Å². The maximum absolute atomic E-state index is 11.7. The summed E-state index contributed by atoms with van der Waals surface area (Å²) in [6.45, 7) is 10.4. The van der Waals surface area contributed by atoms with Gasteiger partial charge in [0.2, 0.25) is 0 Å². The van der Waals surface area contributed by atoms with Crippen molar-refractivity contribution in [2.24, 2.45) is 5.41 Å². The molecule has 0 saturated carbocycles. The van der Waals surface area contributed by atoms with Gasteiger partial charge in [-0.05, 0) is 37.2 Å². The normalized spacial score (nSPS) is 27.8. The molecule has 16 heavy (non-hydrogen) atoms. The summed E-state index contributed by atoms with van der Waals surface area (Å²) < 4.78 is 0. The highest BCUT2D eigenvalue weighted by atomic mass is 16.1. The van der Waals surface area contributed by atoms with Crippen LogP contribution in [0.25, 0.3) is 0 Å². The lowest BCUT2D eigenvalue weighted by atomic mass is 9.87. The molecule has 0 aliphatic heterocycles. The Kier molecular flexibility index (Phi) is 4.28. The molecular formula is C15H22O. The smallest absolute Gasteiger partial charge is 0.158 e. The van der Waals surface area contributed by atoms with Gasteiger partial charge in [0.1, 0.15) is 0 Å². The molecule has 0 saturated heterocycles. The van der Waals surface area contributed by atoms with E-state index in [0.717, 1.165) is 18.4 Å². The lowest BCUT2D eigenvalue weighted by Crippen LogP contribution is -2.05. The Morgan fingerprint density at radius 1 is 1.31 bits per heavy atom. The molecule has 1 aliphatic carbocycles. The summed E-state index contributed by atoms with van der Waals surface area (Å²) in [6.07, 6.45) is 9.74. The summed E-state index contributed by atoms with van der Waals surface area (Å²) in [6, 6.07) is 0. The van der Waals surface area contributed by atoms with Gasteiger partial charge in [0.15, 0.2) is 5.78 Å². The summed E-state index contributed by atoms with van der Waals surface area (Å²) in [5, 5.41) is 0. The monoisotopic (exact) mass is 218 g/mol. The first-order chi connectivity index (χ1) is 7.41. The highest BCUT2D eigenvalue weighted by molar-refractivity contribution is 5.95. The van der Waals surface area contributed by atoms with Crippen LogP contribution in [0.4, 0.5) is 0 Å². The first-order valence-electron chi connectivity index (χ1n) is 5.95. The predicted molar refractivity (Wildman–Crippen MR) is 69.3 cm³/mol. The van der Waals surface area contributed by atoms with Gasteiger partial charge in [0, 0.05) is 6.42 Å². The molecule has 1 nitrogen and oxygen atoms in total. The molecule has 0 unspecified atom stereocenters. The van der Waals surface area contributed by atoms with Gasteiger partial charge in [0.05, 0.1) is 0 Å². The van der Waals surface area contributed by atoms with Crippen LogP contribution in [0, 0.1) is 5.41 Å². The Bertz CT molecular complexity index is 342. The third-order valence-electron chi connectivity index (χ3n) is 3.05. The van der Waals surface area contributed by atoms with Crippen molar-refractivity contribution in [2.75, 3.05) is 0 Å². The summed E-state index contributed by atoms with van der Waals surface area (Å²) in [5.41, 5.74) is 2.22. The lowest BCUT2D eigenvalue weighted by Gasteiger charge is -2.18. The van der Waals surface area contributed by atoms with Crippen LogP contribution in [-0.2, 0) is 4.79 Å². The standard InChI is InChI=1S/C15H22O/c1-12-7-8-14(16)13(2)6-5-10-15(3,4)11-9-12/h5,9-10H,2,6-8,11H2,1,3-4H3/b10-5-,12-9-. The molecule has 1 aliphatic rings. The van der Waals surface area contributed by atoms with Gasteiger partial charge >= 0.3 is 0 Å². The first kappa shape index (κ1) is 13.0. The topological polar surface area (TPSA) is 17.1 Å². The second-order valence-electron chi connectivity index (χ2n) is 5.38. The van der Waals surface area contributed by atoms with Gasteiger partial charge in [-0.3, -0.25) is 4.79 Å². The van der Waals surface area contributed by atoms with Crippen LogP contribution in [0.3, 0.4) is 0 Å². The molecule has 1 heteroatoms. The van der Waals surface area contributed by atoms with Crippen molar-refractivity contribution in [3.8, 4) is 0 Å². The molecule has 0 aromatic heterocycles. The van der Waals surface area contributed by atoms with Crippen LogP contribution in [0.5, 0.6) is 0 Å². The number of ketones is 1. The maximum Gasteiger partial charge on any atom is 0.158 e. The molecule has 0 atom stereocenters. The fourth-order valence-electron chi connectivity index (χ4n) is 1.73. The van der Waals surface area contributed by atoms with Crippen molar-refractivity contribution < 1.29 is 4.79 Å². The summed E-state index contributed by atoms with van der Waals surface area (Å²) in [5.74, 6) is 0.206. The molecule has 0 bridgehead atoms. The second-order valence-corrected chi connectivity index (χ2v) is 5.38. The number of Topliss-reactive ketones (excluding diaryl/α,β-unsaturated/α-hetero) is 1. The molecule has 1 rings (SSSR count). The second kappa shape index (κ2) is 5.29. The quantitative estimate of drug-likeness (QED) is 0.439. The van der Waals surface area contributed by atoms with Crippen LogP contribution in [0.15, 0.2) is 36.0 Å². The minimum absolute atomic E-state index is 0.176. The zero-order chi connectivity index (χ0) is 12.2. The number of hydrogen-bond acceptors (Lipinski definition) is 1. The van der Waals surface area contributed by atoms with Crippen molar-refractivity contribution in [3.05, 3.63) is 36.0 Å². The van der Waals surface area contributed by atoms with Crippen LogP contribution >= 0.6 is 0 Å². The van der Waals surface area contributed by atoms with E-state index in [1.807, 2.05) is 0 Å². The molecule has 0 fully saturated rings. The SMILES string of the molecule is C=C1C/C=C\C(C)(C)C/C=C(/C)CCC1=O. The molecule has 0 heterocycles. The number of hydrogen-bond donors (Lipinski definition) is 0. The van der Waals surface area contributed by atoms with Crippen molar-refractivity contribution >= 4 is 5.78 Å². The lowest BCUT2D eigenvalue weighted by molar-refractivity contribution is -0.115. The summed E-state index contributed by atoms with van der Waals surface area (Å²) in [4.78, 5) is 11.7. The largest absolute Gasteiger partial charge is 0.295 e. The van der Waals surface area contributed by atoms with Gasteiger partial charge in [0.25, 0.3) is 0 Å². The van der Waals surface area contributed by atoms with Gasteiger partial charge in [-0.25, -0.2) is 0 Å². The minimum Gasteiger partial charge on any atom is -0.295 e. The van der Waals surface area contributed by atoms with Crippen molar-refractivity contribution in [3.63, 3.8) is 0 Å². The molecule has 0 N–H and O–H groups in total. The van der Waals surface area contributed by atoms with Crippen molar-refractivity contribution in [1.82, 2.24) is 0 Å². The van der Waals surface area contributed by atoms with E-state index in [4.69, 9.17) is 0 Å². The molecule has 0 radical (unpaired) electrons. The fourth-order valence-corrected chi connectivity index (χ4v) is 1.73. The molecular weight excluding hydrogens is 196 g/mol. The Morgan fingerprint density at radius 2 is 2.00 bits per heavy atom. The van der Waals surface area contributed by atoms with Crippen LogP contribution in [-0.4, -0.2) is 5.78 Å². The number of rotatable bonds is 0.